The van der Waals surface area contributed by atoms with Gasteiger partial charge in [-0.1, -0.05) is 81.5 Å². The summed E-state index contributed by atoms with van der Waals surface area (Å²) >= 11 is 6.10. The maximum Gasteiger partial charge on any atom is 0.254 e. The number of carbonyl (C=O) groups excluding carboxylic acids is 1. The number of halogens is 1. The standard InChI is InChI=1S/C27H33ClN2O/c1-4-6-10-18-30(19-11-7-5-2)27(31)25-20(3)26(21-14-16-22(28)17-15-21)29-24-13-9-8-12-23(24)25/h8-9,12-17H,4-7,10-11,18-19H2,1-3H3. The highest BCUT2D eigenvalue weighted by molar-refractivity contribution is 6.30. The number of fused-ring (bicyclic) bond motifs is 1. The monoisotopic (exact) mass is 436 g/mol. The molecule has 164 valence electrons. The molecule has 2 aromatic carbocycles. The van der Waals surface area contributed by atoms with Gasteiger partial charge in [0.2, 0.25) is 0 Å². The minimum atomic E-state index is 0.124. The van der Waals surface area contributed by atoms with E-state index >= 15 is 0 Å². The molecule has 1 aromatic heterocycles. The van der Waals surface area contributed by atoms with Crippen molar-refractivity contribution in [2.24, 2.45) is 0 Å². The Bertz CT molecular complexity index is 1000. The number of carbonyl (C=O) groups is 1. The van der Waals surface area contributed by atoms with E-state index in [2.05, 4.69) is 18.7 Å². The molecule has 0 radical (unpaired) electrons. The number of nitrogens with zero attached hydrogens (tertiary/aromatic N) is 2. The van der Waals surface area contributed by atoms with Gasteiger partial charge in [-0.15, -0.1) is 0 Å². The van der Waals surface area contributed by atoms with Gasteiger partial charge in [0.1, 0.15) is 0 Å². The number of benzene rings is 2. The van der Waals surface area contributed by atoms with E-state index in [-0.39, 0.29) is 5.91 Å². The van der Waals surface area contributed by atoms with E-state index in [1.54, 1.807) is 0 Å². The van der Waals surface area contributed by atoms with E-state index in [0.717, 1.165) is 84.9 Å². The molecule has 0 saturated heterocycles. The fourth-order valence-corrected chi connectivity index (χ4v) is 4.18. The molecule has 3 aromatic rings. The third-order valence-corrected chi connectivity index (χ3v) is 6.07. The lowest BCUT2D eigenvalue weighted by atomic mass is 9.96. The second-order valence-corrected chi connectivity index (χ2v) is 8.63. The summed E-state index contributed by atoms with van der Waals surface area (Å²) < 4.78 is 0. The summed E-state index contributed by atoms with van der Waals surface area (Å²) in [4.78, 5) is 20.9. The molecule has 3 nitrogen and oxygen atoms in total. The second-order valence-electron chi connectivity index (χ2n) is 8.19. The molecular formula is C27H33ClN2O. The Morgan fingerprint density at radius 3 is 2.13 bits per heavy atom. The molecule has 1 heterocycles. The van der Waals surface area contributed by atoms with Crippen LogP contribution in [-0.2, 0) is 0 Å². The lowest BCUT2D eigenvalue weighted by Gasteiger charge is -2.25. The predicted molar refractivity (Wildman–Crippen MR) is 132 cm³/mol. The average molecular weight is 437 g/mol. The van der Waals surface area contributed by atoms with Crippen LogP contribution in [0, 0.1) is 6.92 Å². The Morgan fingerprint density at radius 2 is 1.52 bits per heavy atom. The van der Waals surface area contributed by atoms with E-state index in [4.69, 9.17) is 16.6 Å². The normalized spacial score (nSPS) is 11.1. The maximum atomic E-state index is 13.9. The minimum Gasteiger partial charge on any atom is -0.339 e. The average Bonchev–Trinajstić information content (AvgIpc) is 2.78. The highest BCUT2D eigenvalue weighted by atomic mass is 35.5. The highest BCUT2D eigenvalue weighted by Crippen LogP contribution is 2.31. The number of hydrogen-bond acceptors (Lipinski definition) is 2. The number of pyridine rings is 1. The topological polar surface area (TPSA) is 33.2 Å². The summed E-state index contributed by atoms with van der Waals surface area (Å²) in [7, 11) is 0. The summed E-state index contributed by atoms with van der Waals surface area (Å²) in [6.07, 6.45) is 6.66. The summed E-state index contributed by atoms with van der Waals surface area (Å²) in [6, 6.07) is 15.7. The van der Waals surface area contributed by atoms with Crippen LogP contribution >= 0.6 is 11.6 Å². The Labute approximate surface area is 191 Å². The first-order valence-electron chi connectivity index (χ1n) is 11.5. The molecule has 31 heavy (non-hydrogen) atoms. The molecule has 0 aliphatic carbocycles. The molecule has 0 atom stereocenters. The molecular weight excluding hydrogens is 404 g/mol. The van der Waals surface area contributed by atoms with Gasteiger partial charge in [0.25, 0.3) is 5.91 Å². The molecule has 0 fully saturated rings. The van der Waals surface area contributed by atoms with Crippen molar-refractivity contribution in [1.82, 2.24) is 9.88 Å². The first-order valence-corrected chi connectivity index (χ1v) is 11.9. The van der Waals surface area contributed by atoms with Crippen molar-refractivity contribution in [3.05, 3.63) is 64.7 Å². The van der Waals surface area contributed by atoms with Crippen molar-refractivity contribution >= 4 is 28.4 Å². The Hall–Kier alpha value is -2.39. The number of para-hydroxylation sites is 1. The second kappa shape index (κ2) is 11.3. The van der Waals surface area contributed by atoms with Crippen molar-refractivity contribution in [3.8, 4) is 11.3 Å². The largest absolute Gasteiger partial charge is 0.339 e. The zero-order chi connectivity index (χ0) is 22.2. The fourth-order valence-electron chi connectivity index (χ4n) is 4.05. The molecule has 3 rings (SSSR count). The van der Waals surface area contributed by atoms with Crippen molar-refractivity contribution < 1.29 is 4.79 Å². The van der Waals surface area contributed by atoms with Crippen molar-refractivity contribution in [2.45, 2.75) is 59.3 Å². The van der Waals surface area contributed by atoms with E-state index < -0.39 is 0 Å². The third kappa shape index (κ3) is 5.65. The zero-order valence-corrected chi connectivity index (χ0v) is 19.7. The van der Waals surface area contributed by atoms with Gasteiger partial charge in [-0.3, -0.25) is 4.79 Å². The van der Waals surface area contributed by atoms with Crippen LogP contribution in [-0.4, -0.2) is 28.9 Å². The van der Waals surface area contributed by atoms with Crippen LogP contribution in [0.15, 0.2) is 48.5 Å². The van der Waals surface area contributed by atoms with Gasteiger partial charge >= 0.3 is 0 Å². The van der Waals surface area contributed by atoms with Crippen LogP contribution < -0.4 is 0 Å². The highest BCUT2D eigenvalue weighted by Gasteiger charge is 2.23. The molecule has 0 aliphatic heterocycles. The van der Waals surface area contributed by atoms with Crippen LogP contribution in [0.2, 0.25) is 5.02 Å². The van der Waals surface area contributed by atoms with Gasteiger partial charge < -0.3 is 4.90 Å². The van der Waals surface area contributed by atoms with E-state index in [1.165, 1.54) is 0 Å². The lowest BCUT2D eigenvalue weighted by molar-refractivity contribution is 0.0751. The lowest BCUT2D eigenvalue weighted by Crippen LogP contribution is -2.33. The molecule has 0 spiro atoms. The van der Waals surface area contributed by atoms with Gasteiger partial charge in [0.05, 0.1) is 16.8 Å². The van der Waals surface area contributed by atoms with Crippen LogP contribution in [0.4, 0.5) is 0 Å². The first kappa shape index (κ1) is 23.3. The third-order valence-electron chi connectivity index (χ3n) is 5.82. The molecule has 4 heteroatoms. The predicted octanol–water partition coefficient (Wildman–Crippen LogP) is 7.69. The van der Waals surface area contributed by atoms with Crippen LogP contribution in [0.3, 0.4) is 0 Å². The first-order chi connectivity index (χ1) is 15.1. The molecule has 0 N–H and O–H groups in total. The molecule has 0 saturated carbocycles. The Balaban J connectivity index is 2.07. The smallest absolute Gasteiger partial charge is 0.254 e. The summed E-state index contributed by atoms with van der Waals surface area (Å²) in [6.45, 7) is 8.03. The maximum absolute atomic E-state index is 13.9. The summed E-state index contributed by atoms with van der Waals surface area (Å²) in [5.74, 6) is 0.124. The summed E-state index contributed by atoms with van der Waals surface area (Å²) in [5, 5.41) is 1.62. The minimum absolute atomic E-state index is 0.124. The number of aromatic nitrogens is 1. The number of hydrogen-bond donors (Lipinski definition) is 0. The quantitative estimate of drug-likeness (QED) is 0.305. The molecule has 0 bridgehead atoms. The fraction of sp³-hybridized carbons (Fsp3) is 0.407. The van der Waals surface area contributed by atoms with Crippen LogP contribution in [0.25, 0.3) is 22.2 Å². The Morgan fingerprint density at radius 1 is 0.903 bits per heavy atom. The van der Waals surface area contributed by atoms with Gasteiger partial charge in [0.15, 0.2) is 0 Å². The van der Waals surface area contributed by atoms with Gasteiger partial charge in [-0.2, -0.15) is 0 Å². The van der Waals surface area contributed by atoms with Crippen LogP contribution in [0.5, 0.6) is 0 Å². The molecule has 0 unspecified atom stereocenters. The molecule has 1 amide bonds. The van der Waals surface area contributed by atoms with Crippen molar-refractivity contribution in [3.63, 3.8) is 0 Å². The number of amides is 1. The van der Waals surface area contributed by atoms with Crippen molar-refractivity contribution in [2.75, 3.05) is 13.1 Å². The molecule has 0 aliphatic rings. The summed E-state index contributed by atoms with van der Waals surface area (Å²) in [5.41, 5.74) is 4.39. The van der Waals surface area contributed by atoms with E-state index in [1.807, 2.05) is 55.5 Å². The van der Waals surface area contributed by atoms with Gasteiger partial charge in [-0.05, 0) is 43.5 Å². The van der Waals surface area contributed by atoms with Gasteiger partial charge in [0, 0.05) is 29.1 Å². The zero-order valence-electron chi connectivity index (χ0n) is 19.0. The van der Waals surface area contributed by atoms with E-state index in [9.17, 15) is 4.79 Å². The SMILES string of the molecule is CCCCCN(CCCCC)C(=O)c1c(C)c(-c2ccc(Cl)cc2)nc2ccccc12. The van der Waals surface area contributed by atoms with E-state index in [0.29, 0.717) is 5.02 Å². The Kier molecular flexibility index (Phi) is 8.48. The van der Waals surface area contributed by atoms with Gasteiger partial charge in [-0.25, -0.2) is 4.98 Å². The van der Waals surface area contributed by atoms with Crippen molar-refractivity contribution in [1.29, 1.82) is 0 Å². The number of rotatable bonds is 10. The number of unbranched alkanes of at least 4 members (excludes halogenated alkanes) is 4. The van der Waals surface area contributed by atoms with Crippen LogP contribution in [0.1, 0.15) is 68.3 Å².